The summed E-state index contributed by atoms with van der Waals surface area (Å²) >= 11 is 0. The zero-order valence-corrected chi connectivity index (χ0v) is 12.5. The van der Waals surface area contributed by atoms with Crippen molar-refractivity contribution in [2.24, 2.45) is 0 Å². The Hall–Kier alpha value is -2.04. The number of ether oxygens (including phenoxy) is 1. The average Bonchev–Trinajstić information content (AvgIpc) is 2.76. The zero-order chi connectivity index (χ0) is 14.7. The highest BCUT2D eigenvalue weighted by molar-refractivity contribution is 5.41. The Morgan fingerprint density at radius 1 is 1.25 bits per heavy atom. The van der Waals surface area contributed by atoms with E-state index < -0.39 is 0 Å². The minimum absolute atomic E-state index is 0.00703. The molecule has 0 unspecified atom stereocenters. The van der Waals surface area contributed by atoms with Crippen molar-refractivity contribution in [3.63, 3.8) is 0 Å². The summed E-state index contributed by atoms with van der Waals surface area (Å²) in [7, 11) is 1.66. The smallest absolute Gasteiger partial charge is 0.328 e. The number of imidazole rings is 1. The fraction of sp³-hybridized carbons (Fsp3) is 0.467. The van der Waals surface area contributed by atoms with E-state index in [1.165, 1.54) is 0 Å². The highest BCUT2D eigenvalue weighted by Crippen LogP contribution is 2.24. The molecule has 0 atom stereocenters. The van der Waals surface area contributed by atoms with Crippen molar-refractivity contribution >= 4 is 0 Å². The molecule has 2 heterocycles. The second-order valence-electron chi connectivity index (χ2n) is 4.95. The van der Waals surface area contributed by atoms with Gasteiger partial charge < -0.3 is 4.74 Å². The molecule has 0 aliphatic rings. The molecule has 0 N–H and O–H groups in total. The Bertz CT molecular complexity index is 656. The second kappa shape index (κ2) is 5.94. The molecule has 0 fully saturated rings. The van der Waals surface area contributed by atoms with Crippen LogP contribution >= 0.6 is 0 Å². The molecule has 0 spiro atoms. The Kier molecular flexibility index (Phi) is 4.27. The zero-order valence-electron chi connectivity index (χ0n) is 12.5. The van der Waals surface area contributed by atoms with E-state index in [2.05, 4.69) is 11.9 Å². The topological polar surface area (TPSA) is 49.0 Å². The third-order valence-corrected chi connectivity index (χ3v) is 3.45. The maximum absolute atomic E-state index is 12.2. The van der Waals surface area contributed by atoms with Crippen LogP contribution in [0.15, 0.2) is 23.4 Å². The van der Waals surface area contributed by atoms with E-state index in [1.807, 2.05) is 26.2 Å². The first-order chi connectivity index (χ1) is 9.58. The highest BCUT2D eigenvalue weighted by Gasteiger charge is 2.11. The number of aromatic nitrogens is 3. The highest BCUT2D eigenvalue weighted by atomic mass is 16.5. The van der Waals surface area contributed by atoms with Gasteiger partial charge in [-0.05, 0) is 20.3 Å². The Labute approximate surface area is 118 Å². The molecule has 2 aromatic heterocycles. The predicted octanol–water partition coefficient (Wildman–Crippen LogP) is 2.13. The van der Waals surface area contributed by atoms with E-state index in [0.717, 1.165) is 35.5 Å². The molecule has 108 valence electrons. The van der Waals surface area contributed by atoms with Gasteiger partial charge in [0.25, 0.3) is 0 Å². The van der Waals surface area contributed by atoms with Crippen LogP contribution in [-0.2, 0) is 13.1 Å². The van der Waals surface area contributed by atoms with Crippen LogP contribution in [0.5, 0.6) is 5.75 Å². The van der Waals surface area contributed by atoms with Crippen LogP contribution in [0.2, 0.25) is 0 Å². The molecule has 20 heavy (non-hydrogen) atoms. The van der Waals surface area contributed by atoms with Crippen LogP contribution in [0.1, 0.15) is 30.2 Å². The molecule has 2 rings (SSSR count). The summed E-state index contributed by atoms with van der Waals surface area (Å²) in [4.78, 5) is 16.6. The summed E-state index contributed by atoms with van der Waals surface area (Å²) in [6.45, 7) is 7.21. The maximum Gasteiger partial charge on any atom is 0.328 e. The van der Waals surface area contributed by atoms with Gasteiger partial charge in [0.1, 0.15) is 5.75 Å². The van der Waals surface area contributed by atoms with Gasteiger partial charge >= 0.3 is 5.69 Å². The number of hydrogen-bond acceptors (Lipinski definition) is 3. The van der Waals surface area contributed by atoms with Gasteiger partial charge in [0.05, 0.1) is 19.3 Å². The molecule has 0 saturated heterocycles. The number of nitrogens with zero attached hydrogens (tertiary/aromatic N) is 3. The Balaban J connectivity index is 2.33. The summed E-state index contributed by atoms with van der Waals surface area (Å²) in [6.07, 6.45) is 6.37. The minimum atomic E-state index is 0.00703. The van der Waals surface area contributed by atoms with Crippen LogP contribution in [-0.4, -0.2) is 21.2 Å². The van der Waals surface area contributed by atoms with Gasteiger partial charge in [0.2, 0.25) is 0 Å². The SMILES string of the molecule is CCCn1ccn(Cc2ncc(C)c(OC)c2C)c1=O. The lowest BCUT2D eigenvalue weighted by Gasteiger charge is -2.12. The number of methoxy groups -OCH3 is 1. The molecule has 0 aliphatic carbocycles. The number of hydrogen-bond donors (Lipinski definition) is 0. The lowest BCUT2D eigenvalue weighted by molar-refractivity contribution is 0.406. The van der Waals surface area contributed by atoms with E-state index in [4.69, 9.17) is 4.74 Å². The second-order valence-corrected chi connectivity index (χ2v) is 4.95. The summed E-state index contributed by atoms with van der Waals surface area (Å²) in [5.74, 6) is 0.844. The third kappa shape index (κ3) is 2.61. The summed E-state index contributed by atoms with van der Waals surface area (Å²) in [6, 6.07) is 0. The van der Waals surface area contributed by atoms with Crippen molar-refractivity contribution in [3.05, 3.63) is 45.9 Å². The van der Waals surface area contributed by atoms with Crippen molar-refractivity contribution in [3.8, 4) is 5.75 Å². The van der Waals surface area contributed by atoms with E-state index in [9.17, 15) is 4.79 Å². The van der Waals surface area contributed by atoms with Crippen LogP contribution in [0.4, 0.5) is 0 Å². The van der Waals surface area contributed by atoms with Crippen molar-refractivity contribution in [2.45, 2.75) is 40.3 Å². The van der Waals surface area contributed by atoms with E-state index in [1.54, 1.807) is 22.4 Å². The molecule has 0 amide bonds. The van der Waals surface area contributed by atoms with Gasteiger partial charge in [-0.25, -0.2) is 4.79 Å². The van der Waals surface area contributed by atoms with Gasteiger partial charge in [-0.1, -0.05) is 6.92 Å². The molecule has 2 aromatic rings. The summed E-state index contributed by atoms with van der Waals surface area (Å²) in [5, 5.41) is 0. The molecule has 0 saturated carbocycles. The van der Waals surface area contributed by atoms with E-state index in [-0.39, 0.29) is 5.69 Å². The predicted molar refractivity (Wildman–Crippen MR) is 78.3 cm³/mol. The Morgan fingerprint density at radius 3 is 2.60 bits per heavy atom. The first-order valence-corrected chi connectivity index (χ1v) is 6.83. The quantitative estimate of drug-likeness (QED) is 0.840. The lowest BCUT2D eigenvalue weighted by atomic mass is 10.1. The van der Waals surface area contributed by atoms with Crippen LogP contribution in [0.3, 0.4) is 0 Å². The fourth-order valence-electron chi connectivity index (χ4n) is 2.38. The van der Waals surface area contributed by atoms with Crippen LogP contribution in [0, 0.1) is 13.8 Å². The first kappa shape index (κ1) is 14.4. The molecule has 0 aliphatic heterocycles. The molecular formula is C15H21N3O2. The van der Waals surface area contributed by atoms with Gasteiger partial charge in [-0.15, -0.1) is 0 Å². The Morgan fingerprint density at radius 2 is 1.95 bits per heavy atom. The average molecular weight is 275 g/mol. The van der Waals surface area contributed by atoms with Gasteiger partial charge in [0.15, 0.2) is 0 Å². The van der Waals surface area contributed by atoms with Crippen molar-refractivity contribution < 1.29 is 4.74 Å². The van der Waals surface area contributed by atoms with Crippen molar-refractivity contribution in [2.75, 3.05) is 7.11 Å². The van der Waals surface area contributed by atoms with Crippen molar-refractivity contribution in [1.82, 2.24) is 14.1 Å². The molecule has 5 nitrogen and oxygen atoms in total. The molecule has 5 heteroatoms. The molecule has 0 bridgehead atoms. The number of pyridine rings is 1. The standard InChI is InChI=1S/C15H21N3O2/c1-5-6-17-7-8-18(15(17)19)10-13-12(3)14(20-4)11(2)9-16-13/h7-9H,5-6,10H2,1-4H3. The van der Waals surface area contributed by atoms with Crippen molar-refractivity contribution in [1.29, 1.82) is 0 Å². The van der Waals surface area contributed by atoms with Crippen LogP contribution in [0.25, 0.3) is 0 Å². The molecule has 0 aromatic carbocycles. The molecule has 0 radical (unpaired) electrons. The van der Waals surface area contributed by atoms with Gasteiger partial charge in [-0.2, -0.15) is 0 Å². The minimum Gasteiger partial charge on any atom is -0.496 e. The van der Waals surface area contributed by atoms with E-state index in [0.29, 0.717) is 6.54 Å². The largest absolute Gasteiger partial charge is 0.496 e. The normalized spacial score (nSPS) is 10.8. The van der Waals surface area contributed by atoms with Gasteiger partial charge in [0, 0.05) is 36.3 Å². The van der Waals surface area contributed by atoms with Gasteiger partial charge in [-0.3, -0.25) is 14.1 Å². The number of rotatable bonds is 5. The molecular weight excluding hydrogens is 254 g/mol. The number of aryl methyl sites for hydroxylation is 2. The summed E-state index contributed by atoms with van der Waals surface area (Å²) in [5.41, 5.74) is 2.86. The third-order valence-electron chi connectivity index (χ3n) is 3.45. The first-order valence-electron chi connectivity index (χ1n) is 6.83. The fourth-order valence-corrected chi connectivity index (χ4v) is 2.38. The van der Waals surface area contributed by atoms with E-state index >= 15 is 0 Å². The monoisotopic (exact) mass is 275 g/mol. The lowest BCUT2D eigenvalue weighted by Crippen LogP contribution is -2.25. The summed E-state index contributed by atoms with van der Waals surface area (Å²) < 4.78 is 8.80. The van der Waals surface area contributed by atoms with Crippen LogP contribution < -0.4 is 10.4 Å². The maximum atomic E-state index is 12.2.